The molecule has 108 valence electrons. The molecule has 2 rings (SSSR count). The summed E-state index contributed by atoms with van der Waals surface area (Å²) in [4.78, 5) is 28.3. The number of likely N-dealkylation sites (tertiary alicyclic amines) is 1. The molecule has 6 nitrogen and oxygen atoms in total. The fourth-order valence-corrected chi connectivity index (χ4v) is 2.37. The predicted octanol–water partition coefficient (Wildman–Crippen LogP) is -0.210. The average molecular weight is 281 g/mol. The van der Waals surface area contributed by atoms with E-state index in [1.54, 1.807) is 0 Å². The summed E-state index contributed by atoms with van der Waals surface area (Å²) in [7, 11) is 0. The lowest BCUT2D eigenvalue weighted by Crippen LogP contribution is -2.40. The highest BCUT2D eigenvalue weighted by molar-refractivity contribution is 5.94. The van der Waals surface area contributed by atoms with Crippen molar-refractivity contribution in [3.8, 4) is 0 Å². The van der Waals surface area contributed by atoms with Crippen molar-refractivity contribution in [1.82, 2.24) is 15.2 Å². The van der Waals surface area contributed by atoms with Crippen LogP contribution in [-0.2, 0) is 4.79 Å². The number of aliphatic hydroxyl groups excluding tert-OH is 1. The molecule has 20 heavy (non-hydrogen) atoms. The van der Waals surface area contributed by atoms with Crippen LogP contribution in [-0.4, -0.2) is 52.5 Å². The van der Waals surface area contributed by atoms with E-state index in [1.807, 2.05) is 0 Å². The maximum Gasteiger partial charge on any atom is 0.257 e. The zero-order chi connectivity index (χ0) is 14.7. The first-order valence-electron chi connectivity index (χ1n) is 6.29. The zero-order valence-electron chi connectivity index (χ0n) is 11.0. The second-order valence-corrected chi connectivity index (χ2v) is 4.82. The van der Waals surface area contributed by atoms with Gasteiger partial charge in [-0.15, -0.1) is 0 Å². The van der Waals surface area contributed by atoms with Gasteiger partial charge in [0.25, 0.3) is 5.91 Å². The molecule has 1 aromatic rings. The van der Waals surface area contributed by atoms with Gasteiger partial charge < -0.3 is 15.3 Å². The number of hydrogen-bond donors (Lipinski definition) is 2. The highest BCUT2D eigenvalue weighted by atomic mass is 19.1. The minimum absolute atomic E-state index is 0.0554. The number of carbonyl (C=O) groups excluding carboxylic acids is 2. The lowest BCUT2D eigenvalue weighted by molar-refractivity contribution is -0.119. The number of carbonyl (C=O) groups is 2. The topological polar surface area (TPSA) is 82.5 Å². The lowest BCUT2D eigenvalue weighted by atomic mass is 10.1. The van der Waals surface area contributed by atoms with Gasteiger partial charge in [-0.2, -0.15) is 0 Å². The molecule has 1 aliphatic heterocycles. The first-order chi connectivity index (χ1) is 9.52. The minimum Gasteiger partial charge on any atom is -0.396 e. The number of halogens is 1. The maximum absolute atomic E-state index is 13.6. The highest BCUT2D eigenvalue weighted by Crippen LogP contribution is 2.20. The van der Waals surface area contributed by atoms with Crippen LogP contribution in [0.3, 0.4) is 0 Å². The molecule has 0 spiro atoms. The summed E-state index contributed by atoms with van der Waals surface area (Å²) in [5, 5.41) is 12.0. The van der Waals surface area contributed by atoms with E-state index in [2.05, 4.69) is 10.3 Å². The fraction of sp³-hybridized carbons (Fsp3) is 0.462. The van der Waals surface area contributed by atoms with E-state index in [0.29, 0.717) is 0 Å². The fourth-order valence-electron chi connectivity index (χ4n) is 2.37. The SMILES string of the molecule is CC(=O)N[C@@H]1CN(C(=O)c2ccncc2F)C[C@H]1CO. The van der Waals surface area contributed by atoms with Gasteiger partial charge in [-0.05, 0) is 6.07 Å². The van der Waals surface area contributed by atoms with Crippen molar-refractivity contribution in [3.63, 3.8) is 0 Å². The summed E-state index contributed by atoms with van der Waals surface area (Å²) in [6.45, 7) is 1.77. The quantitative estimate of drug-likeness (QED) is 0.803. The van der Waals surface area contributed by atoms with E-state index in [0.717, 1.165) is 6.20 Å². The number of nitrogens with one attached hydrogen (secondary N) is 1. The molecule has 7 heteroatoms. The Kier molecular flexibility index (Phi) is 4.29. The Morgan fingerprint density at radius 1 is 1.55 bits per heavy atom. The monoisotopic (exact) mass is 281 g/mol. The molecule has 1 aliphatic rings. The summed E-state index contributed by atoms with van der Waals surface area (Å²) < 4.78 is 13.6. The Bertz CT molecular complexity index is 523. The molecule has 1 aromatic heterocycles. The van der Waals surface area contributed by atoms with Crippen LogP contribution in [0.4, 0.5) is 4.39 Å². The minimum atomic E-state index is -0.680. The molecule has 0 unspecified atom stereocenters. The van der Waals surface area contributed by atoms with Gasteiger partial charge in [0.1, 0.15) is 0 Å². The van der Waals surface area contributed by atoms with Crippen LogP contribution in [0.5, 0.6) is 0 Å². The number of nitrogens with zero attached hydrogens (tertiary/aromatic N) is 2. The second-order valence-electron chi connectivity index (χ2n) is 4.82. The molecule has 0 aromatic carbocycles. The Labute approximate surface area is 115 Å². The van der Waals surface area contributed by atoms with Crippen molar-refractivity contribution in [2.24, 2.45) is 5.92 Å². The van der Waals surface area contributed by atoms with Gasteiger partial charge >= 0.3 is 0 Å². The van der Waals surface area contributed by atoms with Gasteiger partial charge in [0, 0.05) is 38.7 Å². The average Bonchev–Trinajstić information content (AvgIpc) is 2.80. The van der Waals surface area contributed by atoms with Crippen LogP contribution in [0.25, 0.3) is 0 Å². The van der Waals surface area contributed by atoms with Crippen LogP contribution in [0, 0.1) is 11.7 Å². The van der Waals surface area contributed by atoms with E-state index in [4.69, 9.17) is 0 Å². The smallest absolute Gasteiger partial charge is 0.257 e. The lowest BCUT2D eigenvalue weighted by Gasteiger charge is -2.17. The molecule has 0 saturated carbocycles. The van der Waals surface area contributed by atoms with Crippen molar-refractivity contribution in [1.29, 1.82) is 0 Å². The Balaban J connectivity index is 2.13. The van der Waals surface area contributed by atoms with Gasteiger partial charge in [-0.1, -0.05) is 0 Å². The first-order valence-corrected chi connectivity index (χ1v) is 6.29. The van der Waals surface area contributed by atoms with Crippen LogP contribution in [0.2, 0.25) is 0 Å². The van der Waals surface area contributed by atoms with Crippen LogP contribution >= 0.6 is 0 Å². The standard InChI is InChI=1S/C13H16FN3O3/c1-8(19)16-12-6-17(5-9(12)7-18)13(20)10-2-3-15-4-11(10)14/h2-4,9,12,18H,5-7H2,1H3,(H,16,19)/t9-,12+/m0/s1. The molecule has 1 fully saturated rings. The van der Waals surface area contributed by atoms with E-state index in [1.165, 1.54) is 24.1 Å². The summed E-state index contributed by atoms with van der Waals surface area (Å²) in [6, 6.07) is 1.00. The van der Waals surface area contributed by atoms with E-state index in [-0.39, 0.29) is 43.1 Å². The number of amides is 2. The third-order valence-corrected chi connectivity index (χ3v) is 3.35. The van der Waals surface area contributed by atoms with Crippen LogP contribution < -0.4 is 5.32 Å². The van der Waals surface area contributed by atoms with Gasteiger partial charge in [0.05, 0.1) is 17.8 Å². The van der Waals surface area contributed by atoms with Crippen molar-refractivity contribution in [2.75, 3.05) is 19.7 Å². The molecule has 1 saturated heterocycles. The van der Waals surface area contributed by atoms with Crippen molar-refractivity contribution >= 4 is 11.8 Å². The largest absolute Gasteiger partial charge is 0.396 e. The molecule has 0 aliphatic carbocycles. The van der Waals surface area contributed by atoms with Crippen LogP contribution in [0.1, 0.15) is 17.3 Å². The molecular formula is C13H16FN3O3. The number of hydrogen-bond acceptors (Lipinski definition) is 4. The maximum atomic E-state index is 13.6. The summed E-state index contributed by atoms with van der Waals surface area (Å²) >= 11 is 0. The Morgan fingerprint density at radius 3 is 2.90 bits per heavy atom. The van der Waals surface area contributed by atoms with Crippen LogP contribution in [0.15, 0.2) is 18.5 Å². The van der Waals surface area contributed by atoms with E-state index in [9.17, 15) is 19.1 Å². The molecule has 0 bridgehead atoms. The van der Waals surface area contributed by atoms with Crippen molar-refractivity contribution < 1.29 is 19.1 Å². The molecule has 2 atom stereocenters. The summed E-state index contributed by atoms with van der Waals surface area (Å²) in [5.41, 5.74) is -0.0554. The van der Waals surface area contributed by atoms with Gasteiger partial charge in [0.2, 0.25) is 5.91 Å². The molecule has 2 heterocycles. The predicted molar refractivity (Wildman–Crippen MR) is 68.3 cm³/mol. The van der Waals surface area contributed by atoms with Gasteiger partial charge in [-0.3, -0.25) is 14.6 Å². The molecule has 2 N–H and O–H groups in total. The third-order valence-electron chi connectivity index (χ3n) is 3.35. The normalized spacial score (nSPS) is 21.9. The Morgan fingerprint density at radius 2 is 2.30 bits per heavy atom. The third kappa shape index (κ3) is 2.93. The van der Waals surface area contributed by atoms with Crippen molar-refractivity contribution in [3.05, 3.63) is 29.8 Å². The molecule has 2 amide bonds. The second kappa shape index (κ2) is 5.96. The number of pyridine rings is 1. The number of aliphatic hydroxyl groups is 1. The Hall–Kier alpha value is -2.02. The first kappa shape index (κ1) is 14.4. The number of aromatic nitrogens is 1. The van der Waals surface area contributed by atoms with E-state index >= 15 is 0 Å². The highest BCUT2D eigenvalue weighted by Gasteiger charge is 2.36. The number of rotatable bonds is 3. The van der Waals surface area contributed by atoms with Gasteiger partial charge in [-0.25, -0.2) is 4.39 Å². The van der Waals surface area contributed by atoms with E-state index < -0.39 is 11.7 Å². The van der Waals surface area contributed by atoms with Gasteiger partial charge in [0.15, 0.2) is 5.82 Å². The van der Waals surface area contributed by atoms with Crippen molar-refractivity contribution in [2.45, 2.75) is 13.0 Å². The molecular weight excluding hydrogens is 265 g/mol. The summed E-state index contributed by atoms with van der Waals surface area (Å²) in [5.74, 6) is -1.61. The molecule has 0 radical (unpaired) electrons. The summed E-state index contributed by atoms with van der Waals surface area (Å²) in [6.07, 6.45) is 2.33. The zero-order valence-corrected chi connectivity index (χ0v) is 11.0.